The highest BCUT2D eigenvalue weighted by atomic mass is 79.9. The van der Waals surface area contributed by atoms with Gasteiger partial charge in [0.05, 0.1) is 0 Å². The van der Waals surface area contributed by atoms with E-state index in [1.54, 1.807) is 7.05 Å². The van der Waals surface area contributed by atoms with Crippen LogP contribution in [0.15, 0.2) is 37.5 Å². The molecule has 0 unspecified atom stereocenters. The van der Waals surface area contributed by atoms with Crippen molar-refractivity contribution in [3.8, 4) is 0 Å². The Morgan fingerprint density at radius 3 is 2.86 bits per heavy atom. The minimum atomic E-state index is -0.202. The largest absolute Gasteiger partial charge is 0.343 e. The van der Waals surface area contributed by atoms with Gasteiger partial charge in [-0.1, -0.05) is 35.8 Å². The van der Waals surface area contributed by atoms with Gasteiger partial charge >= 0.3 is 5.69 Å². The first-order valence-corrected chi connectivity index (χ1v) is 8.36. The molecule has 0 saturated carbocycles. The summed E-state index contributed by atoms with van der Waals surface area (Å²) in [6.45, 7) is 6.14. The Labute approximate surface area is 136 Å². The number of benzene rings is 1. The van der Waals surface area contributed by atoms with Crippen molar-refractivity contribution < 1.29 is 0 Å². The molecule has 2 aromatic rings. The molecule has 0 aliphatic heterocycles. The number of nitrogens with one attached hydrogen (secondary N) is 2. The highest BCUT2D eigenvalue weighted by molar-refractivity contribution is 9.10. The highest BCUT2D eigenvalue weighted by Gasteiger charge is 2.10. The quantitative estimate of drug-likeness (QED) is 0.820. The van der Waals surface area contributed by atoms with Crippen molar-refractivity contribution in [3.63, 3.8) is 0 Å². The second kappa shape index (κ2) is 7.29. The lowest BCUT2D eigenvalue weighted by atomic mass is 10.2. The second-order valence-electron chi connectivity index (χ2n) is 5.25. The van der Waals surface area contributed by atoms with Gasteiger partial charge in [0.1, 0.15) is 0 Å². The van der Waals surface area contributed by atoms with Gasteiger partial charge in [-0.25, -0.2) is 9.89 Å². The average molecular weight is 371 g/mol. The maximum absolute atomic E-state index is 11.4. The molecular weight excluding hydrogens is 352 g/mol. The molecule has 1 heterocycles. The number of nitrogens with zero attached hydrogens (tertiary/aromatic N) is 2. The minimum absolute atomic E-state index is 0.202. The Hall–Kier alpha value is -1.05. The summed E-state index contributed by atoms with van der Waals surface area (Å²) in [5.74, 6) is 0.615. The zero-order chi connectivity index (χ0) is 15.4. The molecule has 2 N–H and O–H groups in total. The second-order valence-corrected chi connectivity index (χ2v) is 7.17. The Kier molecular flexibility index (Phi) is 5.66. The van der Waals surface area contributed by atoms with E-state index in [-0.39, 0.29) is 5.69 Å². The Balaban J connectivity index is 2.19. The van der Waals surface area contributed by atoms with Crippen molar-refractivity contribution in [1.82, 2.24) is 20.1 Å². The first-order chi connectivity index (χ1) is 9.97. The van der Waals surface area contributed by atoms with Crippen LogP contribution in [0, 0.1) is 5.92 Å². The molecule has 0 bridgehead atoms. The first kappa shape index (κ1) is 16.3. The summed E-state index contributed by atoms with van der Waals surface area (Å²) in [5.41, 5.74) is 0.992. The van der Waals surface area contributed by atoms with E-state index in [9.17, 15) is 4.79 Å². The molecule has 7 heteroatoms. The number of H-pyrrole nitrogens is 1. The zero-order valence-corrected chi connectivity index (χ0v) is 14.7. The third kappa shape index (κ3) is 4.46. The van der Waals surface area contributed by atoms with Crippen LogP contribution in [-0.2, 0) is 13.6 Å². The fourth-order valence-corrected chi connectivity index (χ4v) is 3.26. The monoisotopic (exact) mass is 370 g/mol. The smallest absolute Gasteiger partial charge is 0.312 e. The predicted octanol–water partition coefficient (Wildman–Crippen LogP) is 2.77. The summed E-state index contributed by atoms with van der Waals surface area (Å²) < 4.78 is 2.52. The summed E-state index contributed by atoms with van der Waals surface area (Å²) in [7, 11) is 1.71. The first-order valence-electron chi connectivity index (χ1n) is 6.75. The molecule has 21 heavy (non-hydrogen) atoms. The summed E-state index contributed by atoms with van der Waals surface area (Å²) in [5, 5.41) is 10.6. The topological polar surface area (TPSA) is 62.7 Å². The molecule has 5 nitrogen and oxygen atoms in total. The van der Waals surface area contributed by atoms with Gasteiger partial charge in [0.2, 0.25) is 0 Å². The highest BCUT2D eigenvalue weighted by Crippen LogP contribution is 2.30. The standard InChI is InChI=1S/C14H19BrN4OS/c1-9(2)7-16-8-10-4-5-11(15)6-12(10)21-14-18-17-13(20)19(14)3/h4-6,9,16H,7-8H2,1-3H3,(H,17,20). The van der Waals surface area contributed by atoms with Crippen molar-refractivity contribution in [2.75, 3.05) is 6.54 Å². The van der Waals surface area contributed by atoms with Crippen LogP contribution in [0.5, 0.6) is 0 Å². The molecule has 0 radical (unpaired) electrons. The molecule has 0 saturated heterocycles. The molecule has 0 spiro atoms. The summed E-state index contributed by atoms with van der Waals surface area (Å²) in [6, 6.07) is 6.17. The van der Waals surface area contributed by atoms with E-state index >= 15 is 0 Å². The molecular formula is C14H19BrN4OS. The van der Waals surface area contributed by atoms with Gasteiger partial charge in [-0.05, 0) is 41.9 Å². The van der Waals surface area contributed by atoms with Crippen LogP contribution in [0.2, 0.25) is 0 Å². The van der Waals surface area contributed by atoms with Crippen molar-refractivity contribution in [3.05, 3.63) is 38.7 Å². The zero-order valence-electron chi connectivity index (χ0n) is 12.3. The third-order valence-corrected chi connectivity index (χ3v) is 4.58. The normalized spacial score (nSPS) is 11.3. The maximum atomic E-state index is 11.4. The van der Waals surface area contributed by atoms with E-state index in [1.807, 2.05) is 6.07 Å². The molecule has 0 amide bonds. The van der Waals surface area contributed by atoms with Crippen LogP contribution >= 0.6 is 27.7 Å². The van der Waals surface area contributed by atoms with Gasteiger partial charge < -0.3 is 5.32 Å². The van der Waals surface area contributed by atoms with Gasteiger partial charge in [-0.3, -0.25) is 4.57 Å². The van der Waals surface area contributed by atoms with Crippen molar-refractivity contribution in [1.29, 1.82) is 0 Å². The van der Waals surface area contributed by atoms with Crippen LogP contribution in [0.1, 0.15) is 19.4 Å². The lowest BCUT2D eigenvalue weighted by Gasteiger charge is -2.11. The van der Waals surface area contributed by atoms with E-state index in [2.05, 4.69) is 57.4 Å². The Bertz CT molecular complexity index is 665. The van der Waals surface area contributed by atoms with Crippen LogP contribution < -0.4 is 11.0 Å². The molecule has 0 atom stereocenters. The lowest BCUT2D eigenvalue weighted by Crippen LogP contribution is -2.19. The summed E-state index contributed by atoms with van der Waals surface area (Å²) in [6.07, 6.45) is 0. The summed E-state index contributed by atoms with van der Waals surface area (Å²) >= 11 is 4.98. The summed E-state index contributed by atoms with van der Waals surface area (Å²) in [4.78, 5) is 12.5. The fourth-order valence-electron chi connectivity index (χ4n) is 1.79. The molecule has 0 aliphatic carbocycles. The fraction of sp³-hybridized carbons (Fsp3) is 0.429. The van der Waals surface area contributed by atoms with E-state index in [0.29, 0.717) is 11.1 Å². The van der Waals surface area contributed by atoms with Gasteiger partial charge in [-0.2, -0.15) is 0 Å². The number of aromatic nitrogens is 3. The van der Waals surface area contributed by atoms with Crippen molar-refractivity contribution in [2.45, 2.75) is 30.4 Å². The average Bonchev–Trinajstić information content (AvgIpc) is 2.73. The number of hydrogen-bond acceptors (Lipinski definition) is 4. The van der Waals surface area contributed by atoms with E-state index in [1.165, 1.54) is 21.9 Å². The van der Waals surface area contributed by atoms with E-state index < -0.39 is 0 Å². The maximum Gasteiger partial charge on any atom is 0.343 e. The Morgan fingerprint density at radius 2 is 2.24 bits per heavy atom. The third-order valence-electron chi connectivity index (χ3n) is 2.94. The SMILES string of the molecule is CC(C)CNCc1ccc(Br)cc1Sc1n[nH]c(=O)n1C. The van der Waals surface area contributed by atoms with Crippen molar-refractivity contribution in [2.24, 2.45) is 13.0 Å². The molecule has 2 rings (SSSR count). The Morgan fingerprint density at radius 1 is 1.48 bits per heavy atom. The van der Waals surface area contributed by atoms with Crippen molar-refractivity contribution >= 4 is 27.7 Å². The van der Waals surface area contributed by atoms with Gasteiger partial charge in [0, 0.05) is 23.0 Å². The number of rotatable bonds is 6. The number of hydrogen-bond donors (Lipinski definition) is 2. The van der Waals surface area contributed by atoms with Crippen LogP contribution in [0.3, 0.4) is 0 Å². The molecule has 0 fully saturated rings. The lowest BCUT2D eigenvalue weighted by molar-refractivity contribution is 0.550. The van der Waals surface area contributed by atoms with Gasteiger partial charge in [-0.15, -0.1) is 5.10 Å². The predicted molar refractivity (Wildman–Crippen MR) is 88.6 cm³/mol. The minimum Gasteiger partial charge on any atom is -0.312 e. The molecule has 0 aliphatic rings. The van der Waals surface area contributed by atoms with Gasteiger partial charge in [0.25, 0.3) is 0 Å². The van der Waals surface area contributed by atoms with E-state index in [4.69, 9.17) is 0 Å². The molecule has 114 valence electrons. The van der Waals surface area contributed by atoms with Crippen LogP contribution in [0.4, 0.5) is 0 Å². The van der Waals surface area contributed by atoms with E-state index in [0.717, 1.165) is 22.5 Å². The molecule has 1 aromatic heterocycles. The van der Waals surface area contributed by atoms with Crippen LogP contribution in [-0.4, -0.2) is 21.3 Å². The molecule has 1 aromatic carbocycles. The van der Waals surface area contributed by atoms with Gasteiger partial charge in [0.15, 0.2) is 5.16 Å². The number of halogens is 1. The van der Waals surface area contributed by atoms with Crippen LogP contribution in [0.25, 0.3) is 0 Å². The number of aromatic amines is 1.